The number of nitrogens with one attached hydrogen (secondary N) is 1. The predicted octanol–water partition coefficient (Wildman–Crippen LogP) is 4.09. The summed E-state index contributed by atoms with van der Waals surface area (Å²) in [5, 5.41) is 2.55. The van der Waals surface area contributed by atoms with Crippen molar-refractivity contribution in [3.8, 4) is 5.75 Å². The highest BCUT2D eigenvalue weighted by Gasteiger charge is 2.32. The highest BCUT2D eigenvalue weighted by molar-refractivity contribution is 14.1. The van der Waals surface area contributed by atoms with E-state index in [-0.39, 0.29) is 24.7 Å². The average Bonchev–Trinajstić information content (AvgIpc) is 2.90. The van der Waals surface area contributed by atoms with Crippen molar-refractivity contribution < 1.29 is 18.7 Å². The minimum atomic E-state index is -0.467. The Bertz CT molecular complexity index is 943. The molecule has 3 amide bonds. The number of carbonyl (C=O) groups excluding carboxylic acids is 2. The maximum atomic E-state index is 13.7. The summed E-state index contributed by atoms with van der Waals surface area (Å²) in [7, 11) is 0. The molecule has 0 atom stereocenters. The molecule has 2 aromatic carbocycles. The molecule has 27 heavy (non-hydrogen) atoms. The monoisotopic (exact) mass is 478 g/mol. The van der Waals surface area contributed by atoms with Gasteiger partial charge in [0, 0.05) is 12.1 Å². The molecular weight excluding hydrogens is 462 g/mol. The summed E-state index contributed by atoms with van der Waals surface area (Å²) < 4.78 is 20.2. The van der Waals surface area contributed by atoms with Gasteiger partial charge in [-0.3, -0.25) is 9.69 Å². The first-order chi connectivity index (χ1) is 13.0. The van der Waals surface area contributed by atoms with Gasteiger partial charge in [0.2, 0.25) is 0 Å². The molecular formula is C20H16FIN2O3. The van der Waals surface area contributed by atoms with Gasteiger partial charge in [-0.15, -0.1) is 6.58 Å². The number of carbonyl (C=O) groups is 2. The Balaban J connectivity index is 1.73. The molecule has 1 aliphatic rings. The fourth-order valence-electron chi connectivity index (χ4n) is 2.53. The number of urea groups is 1. The van der Waals surface area contributed by atoms with E-state index >= 15 is 0 Å². The van der Waals surface area contributed by atoms with Crippen LogP contribution >= 0.6 is 22.6 Å². The van der Waals surface area contributed by atoms with Gasteiger partial charge in [-0.2, -0.15) is 0 Å². The first kappa shape index (κ1) is 19.1. The lowest BCUT2D eigenvalue weighted by Gasteiger charge is -2.10. The molecule has 1 N–H and O–H groups in total. The topological polar surface area (TPSA) is 58.6 Å². The zero-order chi connectivity index (χ0) is 19.4. The molecule has 0 bridgehead atoms. The minimum absolute atomic E-state index is 0.119. The van der Waals surface area contributed by atoms with Gasteiger partial charge in [0.1, 0.15) is 23.9 Å². The van der Waals surface area contributed by atoms with Gasteiger partial charge in [-0.1, -0.05) is 30.3 Å². The first-order valence-electron chi connectivity index (χ1n) is 8.11. The molecule has 0 saturated carbocycles. The van der Waals surface area contributed by atoms with Crippen LogP contribution < -0.4 is 10.1 Å². The Morgan fingerprint density at radius 3 is 2.70 bits per heavy atom. The van der Waals surface area contributed by atoms with E-state index in [2.05, 4.69) is 34.5 Å². The van der Waals surface area contributed by atoms with Crippen LogP contribution in [0.15, 0.2) is 60.8 Å². The zero-order valence-corrected chi connectivity index (χ0v) is 16.4. The molecule has 5 nitrogen and oxygen atoms in total. The van der Waals surface area contributed by atoms with Crippen LogP contribution in [0.4, 0.5) is 9.18 Å². The van der Waals surface area contributed by atoms with Gasteiger partial charge in [-0.05, 0) is 52.4 Å². The molecule has 0 aliphatic carbocycles. The van der Waals surface area contributed by atoms with Crippen molar-refractivity contribution in [2.24, 2.45) is 0 Å². The van der Waals surface area contributed by atoms with E-state index in [9.17, 15) is 14.0 Å². The quantitative estimate of drug-likeness (QED) is 0.295. The van der Waals surface area contributed by atoms with E-state index in [1.807, 2.05) is 6.07 Å². The fourth-order valence-corrected chi connectivity index (χ4v) is 3.22. The third-order valence-corrected chi connectivity index (χ3v) is 4.72. The van der Waals surface area contributed by atoms with E-state index in [1.54, 1.807) is 36.4 Å². The number of rotatable bonds is 6. The number of imide groups is 1. The minimum Gasteiger partial charge on any atom is -0.488 e. The Morgan fingerprint density at radius 1 is 1.22 bits per heavy atom. The summed E-state index contributed by atoms with van der Waals surface area (Å²) in [5.74, 6) is -0.0979. The highest BCUT2D eigenvalue weighted by Crippen LogP contribution is 2.25. The number of halogens is 2. The van der Waals surface area contributed by atoms with Crippen molar-refractivity contribution in [3.63, 3.8) is 0 Å². The van der Waals surface area contributed by atoms with E-state index < -0.39 is 11.9 Å². The molecule has 7 heteroatoms. The molecule has 0 aromatic heterocycles. The van der Waals surface area contributed by atoms with Crippen molar-refractivity contribution in [1.82, 2.24) is 10.2 Å². The second kappa shape index (κ2) is 8.34. The molecule has 3 rings (SSSR count). The van der Waals surface area contributed by atoms with Crippen LogP contribution in [0.2, 0.25) is 0 Å². The summed E-state index contributed by atoms with van der Waals surface area (Å²) in [6.45, 7) is 3.81. The van der Waals surface area contributed by atoms with Gasteiger partial charge in [0.25, 0.3) is 5.91 Å². The second-order valence-electron chi connectivity index (χ2n) is 5.76. The largest absolute Gasteiger partial charge is 0.488 e. The first-order valence-corrected chi connectivity index (χ1v) is 9.18. The van der Waals surface area contributed by atoms with Crippen molar-refractivity contribution in [1.29, 1.82) is 0 Å². The smallest absolute Gasteiger partial charge is 0.329 e. The molecule has 0 radical (unpaired) electrons. The lowest BCUT2D eigenvalue weighted by atomic mass is 10.2. The lowest BCUT2D eigenvalue weighted by molar-refractivity contribution is -0.122. The average molecular weight is 478 g/mol. The van der Waals surface area contributed by atoms with Crippen LogP contribution in [0.5, 0.6) is 5.75 Å². The molecule has 0 unspecified atom stereocenters. The Kier molecular flexibility index (Phi) is 5.90. The van der Waals surface area contributed by atoms with Crippen LogP contribution in [0.25, 0.3) is 6.08 Å². The Labute approximate surface area is 169 Å². The number of ether oxygens (including phenoxy) is 1. The van der Waals surface area contributed by atoms with Crippen molar-refractivity contribution in [3.05, 3.63) is 81.3 Å². The van der Waals surface area contributed by atoms with E-state index in [0.29, 0.717) is 11.3 Å². The summed E-state index contributed by atoms with van der Waals surface area (Å²) in [6, 6.07) is 11.3. The SMILES string of the molecule is C=CCN1C(=O)N/C(=C/c2ccc(OCc3ccccc3F)c(I)c2)C1=O. The number of nitrogens with zero attached hydrogens (tertiary/aromatic N) is 1. The Hall–Kier alpha value is -2.68. The fraction of sp³-hybridized carbons (Fsp3) is 0.100. The second-order valence-corrected chi connectivity index (χ2v) is 6.92. The van der Waals surface area contributed by atoms with Crippen LogP contribution in [0.1, 0.15) is 11.1 Å². The summed E-state index contributed by atoms with van der Waals surface area (Å²) in [6.07, 6.45) is 3.09. The molecule has 138 valence electrons. The van der Waals surface area contributed by atoms with Crippen molar-refractivity contribution in [2.75, 3.05) is 6.54 Å². The van der Waals surface area contributed by atoms with Crippen LogP contribution in [-0.4, -0.2) is 23.4 Å². The molecule has 1 aliphatic heterocycles. The normalized spacial score (nSPS) is 15.2. The van der Waals surface area contributed by atoms with Crippen LogP contribution in [0.3, 0.4) is 0 Å². The number of amides is 3. The number of hydrogen-bond acceptors (Lipinski definition) is 3. The van der Waals surface area contributed by atoms with Gasteiger partial charge < -0.3 is 10.1 Å². The molecule has 0 spiro atoms. The summed E-state index contributed by atoms with van der Waals surface area (Å²) >= 11 is 2.11. The maximum Gasteiger partial charge on any atom is 0.329 e. The zero-order valence-electron chi connectivity index (χ0n) is 14.2. The van der Waals surface area contributed by atoms with Crippen LogP contribution in [0, 0.1) is 9.39 Å². The van der Waals surface area contributed by atoms with Crippen molar-refractivity contribution in [2.45, 2.75) is 6.61 Å². The van der Waals surface area contributed by atoms with Gasteiger partial charge in [0.15, 0.2) is 0 Å². The van der Waals surface area contributed by atoms with Crippen molar-refractivity contribution >= 4 is 40.6 Å². The van der Waals surface area contributed by atoms with E-state index in [0.717, 1.165) is 14.0 Å². The predicted molar refractivity (Wildman–Crippen MR) is 108 cm³/mol. The number of hydrogen-bond donors (Lipinski definition) is 1. The lowest BCUT2D eigenvalue weighted by Crippen LogP contribution is -2.30. The van der Waals surface area contributed by atoms with E-state index in [1.165, 1.54) is 12.1 Å². The summed E-state index contributed by atoms with van der Waals surface area (Å²) in [4.78, 5) is 25.1. The van der Waals surface area contributed by atoms with E-state index in [4.69, 9.17) is 4.74 Å². The van der Waals surface area contributed by atoms with Crippen LogP contribution in [-0.2, 0) is 11.4 Å². The Morgan fingerprint density at radius 2 is 2.00 bits per heavy atom. The number of benzene rings is 2. The molecule has 1 heterocycles. The third kappa shape index (κ3) is 4.36. The maximum absolute atomic E-state index is 13.7. The van der Waals surface area contributed by atoms with Gasteiger partial charge in [-0.25, -0.2) is 9.18 Å². The molecule has 2 aromatic rings. The highest BCUT2D eigenvalue weighted by atomic mass is 127. The molecule has 1 fully saturated rings. The molecule has 1 saturated heterocycles. The van der Waals surface area contributed by atoms with Gasteiger partial charge >= 0.3 is 6.03 Å². The van der Waals surface area contributed by atoms with Gasteiger partial charge in [0.05, 0.1) is 3.57 Å². The standard InChI is InChI=1S/C20H16FIN2O3/c1-2-9-24-19(25)17(23-20(24)26)11-13-7-8-18(16(22)10-13)27-12-14-5-3-4-6-15(14)21/h2-8,10-11H,1,9,12H2,(H,23,26)/b17-11+. The summed E-state index contributed by atoms with van der Waals surface area (Å²) in [5.41, 5.74) is 1.42. The third-order valence-electron chi connectivity index (χ3n) is 3.88.